The number of hydrogen-bond donors (Lipinski definition) is 1. The van der Waals surface area contributed by atoms with Gasteiger partial charge in [-0.05, 0) is 60.0 Å². The number of aliphatic hydroxyl groups excluding tert-OH is 1. The number of carbonyl (C=O) groups excluding carboxylic acids is 2. The van der Waals surface area contributed by atoms with E-state index in [0.29, 0.717) is 60.3 Å². The number of amides is 1. The number of ketones is 1. The topological polar surface area (TPSA) is 85.3 Å². The molecule has 1 N–H and O–H groups in total. The van der Waals surface area contributed by atoms with E-state index in [2.05, 4.69) is 0 Å². The van der Waals surface area contributed by atoms with Crippen LogP contribution in [0.2, 0.25) is 0 Å². The van der Waals surface area contributed by atoms with Gasteiger partial charge < -0.3 is 24.2 Å². The first-order valence-corrected chi connectivity index (χ1v) is 13.1. The van der Waals surface area contributed by atoms with Crippen LogP contribution in [0.3, 0.4) is 0 Å². The van der Waals surface area contributed by atoms with Crippen molar-refractivity contribution in [2.24, 2.45) is 0 Å². The Morgan fingerprint density at radius 2 is 1.50 bits per heavy atom. The summed E-state index contributed by atoms with van der Waals surface area (Å²) < 4.78 is 17.3. The molecule has 0 aliphatic carbocycles. The van der Waals surface area contributed by atoms with Crippen molar-refractivity contribution >= 4 is 17.4 Å². The lowest BCUT2D eigenvalue weighted by atomic mass is 9.95. The van der Waals surface area contributed by atoms with Crippen LogP contribution in [0.25, 0.3) is 5.76 Å². The second kappa shape index (κ2) is 11.0. The first kappa shape index (κ1) is 25.2. The molecule has 0 saturated carbocycles. The van der Waals surface area contributed by atoms with Crippen LogP contribution < -0.4 is 14.2 Å². The average molecular weight is 534 g/mol. The Labute approximate surface area is 231 Å². The van der Waals surface area contributed by atoms with Crippen LogP contribution in [0.15, 0.2) is 109 Å². The van der Waals surface area contributed by atoms with E-state index in [4.69, 9.17) is 14.2 Å². The van der Waals surface area contributed by atoms with E-state index in [1.54, 1.807) is 24.3 Å². The summed E-state index contributed by atoms with van der Waals surface area (Å²) in [6, 6.07) is 30.6. The van der Waals surface area contributed by atoms with E-state index in [1.165, 1.54) is 4.90 Å². The van der Waals surface area contributed by atoms with Crippen LogP contribution in [-0.4, -0.2) is 41.5 Å². The van der Waals surface area contributed by atoms with Gasteiger partial charge >= 0.3 is 0 Å². The van der Waals surface area contributed by atoms with Gasteiger partial charge in [-0.15, -0.1) is 0 Å². The van der Waals surface area contributed by atoms with Gasteiger partial charge in [0.1, 0.15) is 30.5 Å². The van der Waals surface area contributed by atoms with Crippen LogP contribution in [0, 0.1) is 0 Å². The molecule has 1 amide bonds. The summed E-state index contributed by atoms with van der Waals surface area (Å²) in [5, 5.41) is 11.5. The van der Waals surface area contributed by atoms with Crippen molar-refractivity contribution in [3.05, 3.63) is 125 Å². The molecule has 0 unspecified atom stereocenters. The molecule has 4 aromatic rings. The van der Waals surface area contributed by atoms with Crippen LogP contribution >= 0.6 is 0 Å². The first-order chi connectivity index (χ1) is 19.6. The number of fused-ring (bicyclic) bond motifs is 1. The van der Waals surface area contributed by atoms with Gasteiger partial charge in [0, 0.05) is 12.1 Å². The number of nitrogens with zero attached hydrogens (tertiary/aromatic N) is 1. The molecule has 1 atom stereocenters. The summed E-state index contributed by atoms with van der Waals surface area (Å²) in [4.78, 5) is 28.4. The third-order valence-corrected chi connectivity index (χ3v) is 6.99. The number of likely N-dealkylation sites (tertiary alicyclic amines) is 1. The van der Waals surface area contributed by atoms with Crippen LogP contribution in [-0.2, 0) is 16.0 Å². The van der Waals surface area contributed by atoms with Gasteiger partial charge in [-0.3, -0.25) is 9.59 Å². The quantitative estimate of drug-likeness (QED) is 0.181. The minimum Gasteiger partial charge on any atom is -0.507 e. The molecule has 7 nitrogen and oxygen atoms in total. The molecule has 4 aromatic carbocycles. The van der Waals surface area contributed by atoms with Crippen molar-refractivity contribution in [1.82, 2.24) is 4.90 Å². The molecule has 2 aliphatic rings. The van der Waals surface area contributed by atoms with E-state index >= 15 is 0 Å². The highest BCUT2D eigenvalue weighted by atomic mass is 16.6. The molecule has 1 saturated heterocycles. The summed E-state index contributed by atoms with van der Waals surface area (Å²) in [6.07, 6.45) is 0.550. The van der Waals surface area contributed by atoms with Gasteiger partial charge in [0.05, 0.1) is 11.6 Å². The van der Waals surface area contributed by atoms with Crippen molar-refractivity contribution in [2.75, 3.05) is 19.8 Å². The van der Waals surface area contributed by atoms with Crippen molar-refractivity contribution < 1.29 is 28.9 Å². The summed E-state index contributed by atoms with van der Waals surface area (Å²) in [7, 11) is 0. The van der Waals surface area contributed by atoms with Crippen LogP contribution in [0.1, 0.15) is 22.7 Å². The Bertz CT molecular complexity index is 1580. The maximum atomic E-state index is 13.5. The summed E-state index contributed by atoms with van der Waals surface area (Å²) in [6.45, 7) is 1.11. The molecule has 0 aromatic heterocycles. The van der Waals surface area contributed by atoms with E-state index in [1.807, 2.05) is 78.9 Å². The molecule has 2 aliphatic heterocycles. The van der Waals surface area contributed by atoms with Gasteiger partial charge in [0.2, 0.25) is 0 Å². The Morgan fingerprint density at radius 3 is 2.27 bits per heavy atom. The number of benzene rings is 4. The minimum absolute atomic E-state index is 0.0200. The van der Waals surface area contributed by atoms with E-state index in [0.717, 1.165) is 5.56 Å². The number of rotatable bonds is 7. The smallest absolute Gasteiger partial charge is 0.295 e. The van der Waals surface area contributed by atoms with Crippen LogP contribution in [0.4, 0.5) is 0 Å². The molecule has 7 heteroatoms. The van der Waals surface area contributed by atoms with Crippen molar-refractivity contribution in [1.29, 1.82) is 0 Å². The highest BCUT2D eigenvalue weighted by Crippen LogP contribution is 2.42. The highest BCUT2D eigenvalue weighted by Gasteiger charge is 2.46. The van der Waals surface area contributed by atoms with E-state index in [-0.39, 0.29) is 11.3 Å². The number of para-hydroxylation sites is 1. The Hall–Kier alpha value is -5.04. The summed E-state index contributed by atoms with van der Waals surface area (Å²) in [5.74, 6) is 0.591. The van der Waals surface area contributed by atoms with Crippen LogP contribution in [0.5, 0.6) is 23.0 Å². The lowest BCUT2D eigenvalue weighted by molar-refractivity contribution is -0.139. The Morgan fingerprint density at radius 1 is 0.800 bits per heavy atom. The fourth-order valence-electron chi connectivity index (χ4n) is 5.07. The molecule has 40 heavy (non-hydrogen) atoms. The van der Waals surface area contributed by atoms with Crippen molar-refractivity contribution in [3.63, 3.8) is 0 Å². The number of ether oxygens (including phenoxy) is 3. The van der Waals surface area contributed by atoms with Gasteiger partial charge in [-0.25, -0.2) is 0 Å². The zero-order chi connectivity index (χ0) is 27.5. The highest BCUT2D eigenvalue weighted by molar-refractivity contribution is 6.46. The molecular formula is C33H27NO6. The fraction of sp³-hybridized carbons (Fsp3) is 0.152. The number of hydrogen-bond acceptors (Lipinski definition) is 6. The number of Topliss-reactive ketones (excluding diaryl/α,β-unsaturated/α-hetero) is 1. The zero-order valence-corrected chi connectivity index (χ0v) is 21.7. The van der Waals surface area contributed by atoms with Gasteiger partial charge in [0.15, 0.2) is 11.5 Å². The SMILES string of the molecule is O=C1C(=O)N(CCc2ccccc2)[C@@H](c2cccc(Oc3ccccc3)c2)C1=C(O)c1ccc2c(c1)OCCO2. The summed E-state index contributed by atoms with van der Waals surface area (Å²) in [5.41, 5.74) is 2.08. The third-order valence-electron chi connectivity index (χ3n) is 6.99. The maximum absolute atomic E-state index is 13.5. The molecule has 0 radical (unpaired) electrons. The normalized spacial score (nSPS) is 17.6. The van der Waals surface area contributed by atoms with E-state index in [9.17, 15) is 14.7 Å². The van der Waals surface area contributed by atoms with Gasteiger partial charge in [-0.1, -0.05) is 60.7 Å². The average Bonchev–Trinajstić information content (AvgIpc) is 3.25. The van der Waals surface area contributed by atoms with Crippen molar-refractivity contribution in [2.45, 2.75) is 12.5 Å². The van der Waals surface area contributed by atoms with E-state index < -0.39 is 17.7 Å². The third kappa shape index (κ3) is 5.01. The standard InChI is InChI=1S/C33H27NO6/c35-31(24-14-15-27-28(21-24)39-19-18-38-27)29-30(23-10-7-13-26(20-23)40-25-11-5-2-6-12-25)34(33(37)32(29)36)17-16-22-8-3-1-4-9-22/h1-15,20-21,30,35H,16-19H2/t30-/m0/s1. The summed E-state index contributed by atoms with van der Waals surface area (Å²) >= 11 is 0. The van der Waals surface area contributed by atoms with Crippen molar-refractivity contribution in [3.8, 4) is 23.0 Å². The molecule has 2 heterocycles. The number of carbonyl (C=O) groups is 2. The Kier molecular flexibility index (Phi) is 6.93. The second-order valence-corrected chi connectivity index (χ2v) is 9.57. The second-order valence-electron chi connectivity index (χ2n) is 9.57. The predicted molar refractivity (Wildman–Crippen MR) is 150 cm³/mol. The maximum Gasteiger partial charge on any atom is 0.295 e. The molecule has 6 rings (SSSR count). The molecule has 0 spiro atoms. The lowest BCUT2D eigenvalue weighted by Gasteiger charge is -2.26. The monoisotopic (exact) mass is 533 g/mol. The largest absolute Gasteiger partial charge is 0.507 e. The van der Waals surface area contributed by atoms with Gasteiger partial charge in [0.25, 0.3) is 11.7 Å². The number of aliphatic hydroxyl groups is 1. The molecular weight excluding hydrogens is 506 g/mol. The molecule has 200 valence electrons. The first-order valence-electron chi connectivity index (χ1n) is 13.1. The minimum atomic E-state index is -0.809. The fourth-order valence-corrected chi connectivity index (χ4v) is 5.07. The van der Waals surface area contributed by atoms with Gasteiger partial charge in [-0.2, -0.15) is 0 Å². The molecule has 0 bridgehead atoms. The zero-order valence-electron chi connectivity index (χ0n) is 21.7. The lowest BCUT2D eigenvalue weighted by Crippen LogP contribution is -2.31. The predicted octanol–water partition coefficient (Wildman–Crippen LogP) is 5.91. The molecule has 1 fully saturated rings. The Balaban J connectivity index is 1.41.